The lowest BCUT2D eigenvalue weighted by Gasteiger charge is -2.34. The highest BCUT2D eigenvalue weighted by Gasteiger charge is 2.28. The van der Waals surface area contributed by atoms with Gasteiger partial charge in [-0.05, 0) is 51.8 Å². The van der Waals surface area contributed by atoms with Crippen molar-refractivity contribution >= 4 is 32.8 Å². The molecular formula is C18H25N3O3S. The summed E-state index contributed by atoms with van der Waals surface area (Å²) in [7, 11) is 1.66. The molecule has 1 amide bonds. The summed E-state index contributed by atoms with van der Waals surface area (Å²) in [6.45, 7) is 7.04. The van der Waals surface area contributed by atoms with E-state index in [0.717, 1.165) is 40.5 Å². The molecule has 1 N–H and O–H groups in total. The number of hydrogen-bond donors (Lipinski definition) is 1. The van der Waals surface area contributed by atoms with E-state index in [0.29, 0.717) is 6.54 Å². The first-order chi connectivity index (χ1) is 11.8. The molecule has 25 heavy (non-hydrogen) atoms. The third-order valence-electron chi connectivity index (χ3n) is 4.00. The highest BCUT2D eigenvalue weighted by molar-refractivity contribution is 7.22. The molecule has 1 atom stereocenters. The maximum absolute atomic E-state index is 12.3. The molecule has 0 unspecified atom stereocenters. The fourth-order valence-electron chi connectivity index (χ4n) is 2.86. The largest absolute Gasteiger partial charge is 0.497 e. The molecule has 2 aromatic rings. The number of nitrogens with zero attached hydrogens (tertiary/aromatic N) is 2. The summed E-state index contributed by atoms with van der Waals surface area (Å²) in [5, 5.41) is 4.35. The first-order valence-electron chi connectivity index (χ1n) is 8.53. The van der Waals surface area contributed by atoms with E-state index in [2.05, 4.69) is 10.3 Å². The number of thiazole rings is 1. The van der Waals surface area contributed by atoms with E-state index in [1.54, 1.807) is 23.3 Å². The van der Waals surface area contributed by atoms with E-state index < -0.39 is 5.60 Å². The molecule has 1 fully saturated rings. The highest BCUT2D eigenvalue weighted by Crippen LogP contribution is 2.30. The minimum atomic E-state index is -0.469. The fraction of sp³-hybridized carbons (Fsp3) is 0.556. The molecular weight excluding hydrogens is 338 g/mol. The second kappa shape index (κ2) is 7.07. The minimum Gasteiger partial charge on any atom is -0.497 e. The van der Waals surface area contributed by atoms with Gasteiger partial charge in [0.2, 0.25) is 0 Å². The summed E-state index contributed by atoms with van der Waals surface area (Å²) in [5.41, 5.74) is 0.483. The summed E-state index contributed by atoms with van der Waals surface area (Å²) in [6, 6.07) is 6.05. The molecule has 1 aliphatic rings. The van der Waals surface area contributed by atoms with Crippen molar-refractivity contribution in [2.24, 2.45) is 0 Å². The Hall–Kier alpha value is -2.02. The zero-order valence-electron chi connectivity index (χ0n) is 15.2. The lowest BCUT2D eigenvalue weighted by atomic mass is 10.1. The molecule has 0 spiro atoms. The number of anilines is 1. The van der Waals surface area contributed by atoms with Gasteiger partial charge in [-0.15, -0.1) is 0 Å². The van der Waals surface area contributed by atoms with Gasteiger partial charge in [0, 0.05) is 19.1 Å². The van der Waals surface area contributed by atoms with Gasteiger partial charge in [-0.2, -0.15) is 0 Å². The Balaban J connectivity index is 1.65. The average molecular weight is 363 g/mol. The molecule has 7 heteroatoms. The Bertz CT molecular complexity index is 754. The summed E-state index contributed by atoms with van der Waals surface area (Å²) < 4.78 is 11.8. The van der Waals surface area contributed by atoms with Gasteiger partial charge in [-0.25, -0.2) is 9.78 Å². The van der Waals surface area contributed by atoms with Crippen molar-refractivity contribution in [2.45, 2.75) is 45.3 Å². The third kappa shape index (κ3) is 4.54. The van der Waals surface area contributed by atoms with Gasteiger partial charge >= 0.3 is 6.09 Å². The van der Waals surface area contributed by atoms with Crippen molar-refractivity contribution in [1.29, 1.82) is 0 Å². The van der Waals surface area contributed by atoms with E-state index in [-0.39, 0.29) is 12.1 Å². The fourth-order valence-corrected chi connectivity index (χ4v) is 3.83. The van der Waals surface area contributed by atoms with E-state index in [1.165, 1.54) is 0 Å². The molecule has 6 nitrogen and oxygen atoms in total. The molecule has 136 valence electrons. The minimum absolute atomic E-state index is 0.184. The van der Waals surface area contributed by atoms with Crippen LogP contribution in [0.4, 0.5) is 9.93 Å². The van der Waals surface area contributed by atoms with Crippen LogP contribution in [0, 0.1) is 0 Å². The Labute approximate surface area is 152 Å². The first-order valence-corrected chi connectivity index (χ1v) is 9.35. The van der Waals surface area contributed by atoms with Crippen LogP contribution >= 0.6 is 11.3 Å². The number of benzene rings is 1. The Morgan fingerprint density at radius 2 is 2.20 bits per heavy atom. The second-order valence-electron chi connectivity index (χ2n) is 7.26. The van der Waals surface area contributed by atoms with Crippen molar-refractivity contribution in [3.8, 4) is 5.75 Å². The van der Waals surface area contributed by atoms with Gasteiger partial charge in [0.1, 0.15) is 11.4 Å². The Morgan fingerprint density at radius 1 is 1.40 bits per heavy atom. The molecule has 0 aliphatic carbocycles. The highest BCUT2D eigenvalue weighted by atomic mass is 32.1. The van der Waals surface area contributed by atoms with Crippen LogP contribution in [0.5, 0.6) is 5.75 Å². The van der Waals surface area contributed by atoms with Crippen LogP contribution in [0.25, 0.3) is 10.2 Å². The molecule has 3 rings (SSSR count). The summed E-state index contributed by atoms with van der Waals surface area (Å²) in [5.74, 6) is 0.830. The Morgan fingerprint density at radius 3 is 2.92 bits per heavy atom. The number of likely N-dealkylation sites (tertiary alicyclic amines) is 1. The number of ether oxygens (including phenoxy) is 2. The topological polar surface area (TPSA) is 63.7 Å². The summed E-state index contributed by atoms with van der Waals surface area (Å²) in [4.78, 5) is 18.7. The molecule has 2 heterocycles. The van der Waals surface area contributed by atoms with Crippen molar-refractivity contribution in [1.82, 2.24) is 9.88 Å². The molecule has 0 saturated carbocycles. The first kappa shape index (κ1) is 17.8. The van der Waals surface area contributed by atoms with Gasteiger partial charge in [-0.3, -0.25) is 0 Å². The molecule has 1 aromatic heterocycles. The van der Waals surface area contributed by atoms with Crippen LogP contribution in [-0.4, -0.2) is 47.8 Å². The zero-order chi connectivity index (χ0) is 18.0. The predicted molar refractivity (Wildman–Crippen MR) is 101 cm³/mol. The number of piperidine rings is 1. The monoisotopic (exact) mass is 363 g/mol. The SMILES string of the molecule is COc1ccc2nc(N[C@H]3CCCN(C(=O)OC(C)(C)C)C3)sc2c1. The predicted octanol–water partition coefficient (Wildman–Crippen LogP) is 4.12. The van der Waals surface area contributed by atoms with Crippen LogP contribution < -0.4 is 10.1 Å². The van der Waals surface area contributed by atoms with Gasteiger partial charge < -0.3 is 19.7 Å². The van der Waals surface area contributed by atoms with Gasteiger partial charge in [0.05, 0.1) is 17.3 Å². The molecule has 1 aromatic carbocycles. The van der Waals surface area contributed by atoms with Gasteiger partial charge in [0.15, 0.2) is 5.13 Å². The van der Waals surface area contributed by atoms with Crippen molar-refractivity contribution in [3.05, 3.63) is 18.2 Å². The lowest BCUT2D eigenvalue weighted by Crippen LogP contribution is -2.46. The lowest BCUT2D eigenvalue weighted by molar-refractivity contribution is 0.0206. The smallest absolute Gasteiger partial charge is 0.410 e. The van der Waals surface area contributed by atoms with Crippen molar-refractivity contribution in [3.63, 3.8) is 0 Å². The third-order valence-corrected chi connectivity index (χ3v) is 4.95. The van der Waals surface area contributed by atoms with E-state index in [1.807, 2.05) is 39.0 Å². The van der Waals surface area contributed by atoms with Crippen LogP contribution in [0.2, 0.25) is 0 Å². The molecule has 0 bridgehead atoms. The van der Waals surface area contributed by atoms with Crippen molar-refractivity contribution < 1.29 is 14.3 Å². The average Bonchev–Trinajstić information content (AvgIpc) is 2.94. The normalized spacial score (nSPS) is 18.2. The standard InChI is InChI=1S/C18H25N3O3S/c1-18(2,3)24-17(22)21-9-5-6-12(11-21)19-16-20-14-8-7-13(23-4)10-15(14)25-16/h7-8,10,12H,5-6,9,11H2,1-4H3,(H,19,20)/t12-/m0/s1. The number of methoxy groups -OCH3 is 1. The number of fused-ring (bicyclic) bond motifs is 1. The molecule has 1 saturated heterocycles. The van der Waals surface area contributed by atoms with E-state index in [4.69, 9.17) is 9.47 Å². The number of carbonyl (C=O) groups excluding carboxylic acids is 1. The number of aromatic nitrogens is 1. The van der Waals surface area contributed by atoms with E-state index in [9.17, 15) is 4.79 Å². The molecule has 0 radical (unpaired) electrons. The van der Waals surface area contributed by atoms with Crippen LogP contribution in [0.1, 0.15) is 33.6 Å². The number of nitrogens with one attached hydrogen (secondary N) is 1. The number of amides is 1. The zero-order valence-corrected chi connectivity index (χ0v) is 16.0. The van der Waals surface area contributed by atoms with Crippen LogP contribution in [-0.2, 0) is 4.74 Å². The number of rotatable bonds is 3. The van der Waals surface area contributed by atoms with Gasteiger partial charge in [-0.1, -0.05) is 11.3 Å². The van der Waals surface area contributed by atoms with Crippen LogP contribution in [0.15, 0.2) is 18.2 Å². The van der Waals surface area contributed by atoms with Crippen LogP contribution in [0.3, 0.4) is 0 Å². The second-order valence-corrected chi connectivity index (χ2v) is 8.29. The quantitative estimate of drug-likeness (QED) is 0.889. The maximum atomic E-state index is 12.3. The summed E-state index contributed by atoms with van der Waals surface area (Å²) in [6.07, 6.45) is 1.72. The summed E-state index contributed by atoms with van der Waals surface area (Å²) >= 11 is 1.60. The van der Waals surface area contributed by atoms with Gasteiger partial charge in [0.25, 0.3) is 0 Å². The maximum Gasteiger partial charge on any atom is 0.410 e. The Kier molecular flexibility index (Phi) is 5.03. The number of carbonyl (C=O) groups is 1. The van der Waals surface area contributed by atoms with Crippen molar-refractivity contribution in [2.75, 3.05) is 25.5 Å². The number of hydrogen-bond acceptors (Lipinski definition) is 6. The molecule has 1 aliphatic heterocycles. The van der Waals surface area contributed by atoms with E-state index >= 15 is 0 Å².